The number of amides is 2. The molecule has 6 nitrogen and oxygen atoms in total. The minimum absolute atomic E-state index is 0.0421. The van der Waals surface area contributed by atoms with Gasteiger partial charge in [0.15, 0.2) is 0 Å². The fourth-order valence-corrected chi connectivity index (χ4v) is 2.08. The Labute approximate surface area is 164 Å². The number of esters is 1. The van der Waals surface area contributed by atoms with Crippen LogP contribution in [0.15, 0.2) is 18.2 Å². The molecule has 0 heterocycles. The van der Waals surface area contributed by atoms with Gasteiger partial charge in [0.1, 0.15) is 6.61 Å². The summed E-state index contributed by atoms with van der Waals surface area (Å²) >= 11 is 11.4. The molecule has 1 atom stereocenters. The summed E-state index contributed by atoms with van der Waals surface area (Å²) in [5, 5.41) is 2.78. The van der Waals surface area contributed by atoms with Crippen LogP contribution in [0, 0.1) is 0 Å². The van der Waals surface area contributed by atoms with E-state index in [0.29, 0.717) is 0 Å². The Bertz CT molecular complexity index is 729. The minimum atomic E-state index is -5.81. The van der Waals surface area contributed by atoms with E-state index in [2.05, 4.69) is 9.47 Å². The third kappa shape index (κ3) is 6.31. The van der Waals surface area contributed by atoms with Gasteiger partial charge in [-0.05, 0) is 25.1 Å². The van der Waals surface area contributed by atoms with Crippen LogP contribution in [0.4, 0.5) is 36.8 Å². The van der Waals surface area contributed by atoms with Gasteiger partial charge in [-0.15, -0.1) is 0 Å². The first-order valence-electron chi connectivity index (χ1n) is 7.20. The van der Waals surface area contributed by atoms with Crippen LogP contribution in [-0.4, -0.2) is 43.3 Å². The zero-order valence-corrected chi connectivity index (χ0v) is 15.3. The third-order valence-electron chi connectivity index (χ3n) is 2.88. The van der Waals surface area contributed by atoms with E-state index in [9.17, 15) is 35.9 Å². The molecule has 14 heteroatoms. The Hall–Kier alpha value is -1.92. The van der Waals surface area contributed by atoms with Crippen LogP contribution in [0.5, 0.6) is 0 Å². The van der Waals surface area contributed by atoms with Crippen molar-refractivity contribution in [3.05, 3.63) is 28.2 Å². The number of anilines is 1. The van der Waals surface area contributed by atoms with Gasteiger partial charge < -0.3 is 14.8 Å². The van der Waals surface area contributed by atoms with Crippen molar-refractivity contribution in [3.63, 3.8) is 0 Å². The summed E-state index contributed by atoms with van der Waals surface area (Å²) in [5.41, 5.74) is -4.70. The number of nitrogens with one attached hydrogen (secondary N) is 2. The van der Waals surface area contributed by atoms with E-state index < -0.39 is 43.3 Å². The lowest BCUT2D eigenvalue weighted by atomic mass is 10.2. The van der Waals surface area contributed by atoms with Crippen LogP contribution < -0.4 is 10.6 Å². The molecule has 0 bridgehead atoms. The van der Waals surface area contributed by atoms with Crippen LogP contribution in [0.2, 0.25) is 10.0 Å². The number of benzene rings is 1. The zero-order chi connectivity index (χ0) is 21.8. The fraction of sp³-hybridized carbons (Fsp3) is 0.429. The van der Waals surface area contributed by atoms with E-state index in [-0.39, 0.29) is 15.7 Å². The van der Waals surface area contributed by atoms with Crippen molar-refractivity contribution in [1.82, 2.24) is 5.32 Å². The van der Waals surface area contributed by atoms with Crippen molar-refractivity contribution >= 4 is 40.9 Å². The SMILES string of the molecule is CCOC(=O)C(NC(=O)Nc1cc(Cl)ccc1Cl)(OCC(F)(F)F)C(F)(F)F. The summed E-state index contributed by atoms with van der Waals surface area (Å²) in [6, 6.07) is 1.80. The molecule has 1 aromatic rings. The van der Waals surface area contributed by atoms with E-state index in [4.69, 9.17) is 23.2 Å². The monoisotopic (exact) mass is 456 g/mol. The average Bonchev–Trinajstić information content (AvgIpc) is 2.53. The smallest absolute Gasteiger partial charge is 0.448 e. The van der Waals surface area contributed by atoms with E-state index in [0.717, 1.165) is 18.3 Å². The summed E-state index contributed by atoms with van der Waals surface area (Å²) in [5.74, 6) is -2.29. The molecule has 2 N–H and O–H groups in total. The van der Waals surface area contributed by atoms with E-state index >= 15 is 0 Å². The van der Waals surface area contributed by atoms with Crippen LogP contribution in [0.1, 0.15) is 6.92 Å². The van der Waals surface area contributed by atoms with Gasteiger partial charge in [0.25, 0.3) is 0 Å². The summed E-state index contributed by atoms with van der Waals surface area (Å²) in [6.45, 7) is -2.02. The van der Waals surface area contributed by atoms with Crippen molar-refractivity contribution in [1.29, 1.82) is 0 Å². The number of alkyl halides is 6. The van der Waals surface area contributed by atoms with Gasteiger partial charge in [-0.2, -0.15) is 26.3 Å². The fourth-order valence-electron chi connectivity index (χ4n) is 1.74. The summed E-state index contributed by atoms with van der Waals surface area (Å²) in [4.78, 5) is 23.8. The second kappa shape index (κ2) is 9.05. The van der Waals surface area contributed by atoms with Crippen molar-refractivity contribution in [3.8, 4) is 0 Å². The largest absolute Gasteiger partial charge is 0.462 e. The lowest BCUT2D eigenvalue weighted by Crippen LogP contribution is -2.67. The number of carbonyl (C=O) groups is 2. The number of hydrogen-bond acceptors (Lipinski definition) is 4. The van der Waals surface area contributed by atoms with Crippen LogP contribution in [-0.2, 0) is 14.3 Å². The Morgan fingerprint density at radius 3 is 2.21 bits per heavy atom. The Balaban J connectivity index is 3.23. The van der Waals surface area contributed by atoms with E-state index in [1.807, 2.05) is 5.32 Å². The van der Waals surface area contributed by atoms with Gasteiger partial charge in [-0.3, -0.25) is 5.32 Å². The maximum absolute atomic E-state index is 13.5. The molecule has 28 heavy (non-hydrogen) atoms. The van der Waals surface area contributed by atoms with E-state index in [1.54, 1.807) is 0 Å². The molecule has 1 rings (SSSR count). The number of carbonyl (C=O) groups excluding carboxylic acids is 2. The highest BCUT2D eigenvalue weighted by Crippen LogP contribution is 2.35. The average molecular weight is 457 g/mol. The number of urea groups is 1. The highest BCUT2D eigenvalue weighted by molar-refractivity contribution is 6.35. The molecular weight excluding hydrogens is 445 g/mol. The molecule has 0 radical (unpaired) electrons. The summed E-state index contributed by atoms with van der Waals surface area (Å²) in [7, 11) is 0. The second-order valence-corrected chi connectivity index (χ2v) is 5.85. The Morgan fingerprint density at radius 1 is 1.11 bits per heavy atom. The molecule has 1 aromatic carbocycles. The van der Waals surface area contributed by atoms with Gasteiger partial charge in [0, 0.05) is 5.02 Å². The first-order chi connectivity index (χ1) is 12.7. The molecular formula is C14H12Cl2F6N2O4. The van der Waals surface area contributed by atoms with Crippen molar-refractivity contribution in [2.24, 2.45) is 0 Å². The Kier molecular flexibility index (Phi) is 7.80. The molecule has 0 saturated carbocycles. The van der Waals surface area contributed by atoms with Gasteiger partial charge >= 0.3 is 30.1 Å². The highest BCUT2D eigenvalue weighted by atomic mass is 35.5. The van der Waals surface area contributed by atoms with Crippen LogP contribution in [0.25, 0.3) is 0 Å². The molecule has 0 fully saturated rings. The molecule has 158 valence electrons. The summed E-state index contributed by atoms with van der Waals surface area (Å²) in [6.07, 6.45) is -11.0. The van der Waals surface area contributed by atoms with Crippen molar-refractivity contribution in [2.45, 2.75) is 25.0 Å². The number of hydrogen-bond donors (Lipinski definition) is 2. The van der Waals surface area contributed by atoms with Crippen molar-refractivity contribution in [2.75, 3.05) is 18.5 Å². The lowest BCUT2D eigenvalue weighted by Gasteiger charge is -2.33. The number of rotatable bonds is 6. The first-order valence-corrected chi connectivity index (χ1v) is 7.96. The molecule has 0 aliphatic heterocycles. The van der Waals surface area contributed by atoms with Crippen LogP contribution >= 0.6 is 23.2 Å². The predicted octanol–water partition coefficient (Wildman–Crippen LogP) is 4.52. The quantitative estimate of drug-likeness (QED) is 0.375. The van der Waals surface area contributed by atoms with Crippen LogP contribution in [0.3, 0.4) is 0 Å². The highest BCUT2D eigenvalue weighted by Gasteiger charge is 2.66. The number of halogens is 8. The normalized spacial score (nSPS) is 14.2. The molecule has 0 saturated heterocycles. The molecule has 0 aliphatic rings. The predicted molar refractivity (Wildman–Crippen MR) is 86.0 cm³/mol. The first kappa shape index (κ1) is 24.1. The minimum Gasteiger partial charge on any atom is -0.462 e. The molecule has 0 aliphatic carbocycles. The molecule has 0 spiro atoms. The van der Waals surface area contributed by atoms with E-state index in [1.165, 1.54) is 12.1 Å². The topological polar surface area (TPSA) is 76.7 Å². The third-order valence-corrected chi connectivity index (χ3v) is 3.45. The Morgan fingerprint density at radius 2 is 1.71 bits per heavy atom. The van der Waals surface area contributed by atoms with Gasteiger partial charge in [-0.25, -0.2) is 9.59 Å². The van der Waals surface area contributed by atoms with Gasteiger partial charge in [0.05, 0.1) is 17.3 Å². The maximum atomic E-state index is 13.5. The van der Waals surface area contributed by atoms with Gasteiger partial charge in [0.2, 0.25) is 0 Å². The molecule has 1 unspecified atom stereocenters. The maximum Gasteiger partial charge on any atom is 0.448 e. The van der Waals surface area contributed by atoms with Crippen molar-refractivity contribution < 1.29 is 45.4 Å². The molecule has 0 aromatic heterocycles. The second-order valence-electron chi connectivity index (χ2n) is 5.01. The lowest BCUT2D eigenvalue weighted by molar-refractivity contribution is -0.305. The molecule has 2 amide bonds. The van der Waals surface area contributed by atoms with Gasteiger partial charge in [-0.1, -0.05) is 23.2 Å². The standard InChI is InChI=1S/C14H12Cl2F6N2O4/c1-2-27-10(25)13(14(20,21)22,28-6-12(17,18)19)24-11(26)23-9-5-7(15)3-4-8(9)16/h3-5H,2,6H2,1H3,(H2,23,24,26). The zero-order valence-electron chi connectivity index (χ0n) is 13.8. The number of ether oxygens (including phenoxy) is 2. The summed E-state index contributed by atoms with van der Waals surface area (Å²) < 4.78 is 85.6.